The molecule has 2 N–H and O–H groups in total. The topological polar surface area (TPSA) is 71.1 Å². The number of carbonyl (C=O) groups is 2. The Morgan fingerprint density at radius 2 is 1.57 bits per heavy atom. The summed E-state index contributed by atoms with van der Waals surface area (Å²) >= 11 is 0. The van der Waals surface area contributed by atoms with E-state index in [0.29, 0.717) is 11.3 Å². The molecular formula is C25H21N3O2. The average molecular weight is 395 g/mol. The SMILES string of the molecule is CNC(=O)Cc1ccccc1NC(=O)c1cc(-c2ccccc2)nc2ccccc12. The number of anilines is 1. The van der Waals surface area contributed by atoms with E-state index in [1.54, 1.807) is 13.1 Å². The van der Waals surface area contributed by atoms with Crippen molar-refractivity contribution in [3.63, 3.8) is 0 Å². The van der Waals surface area contributed by atoms with E-state index >= 15 is 0 Å². The predicted molar refractivity (Wildman–Crippen MR) is 119 cm³/mol. The van der Waals surface area contributed by atoms with Gasteiger partial charge in [-0.1, -0.05) is 66.7 Å². The minimum atomic E-state index is -0.241. The Labute approximate surface area is 174 Å². The van der Waals surface area contributed by atoms with E-state index in [0.717, 1.165) is 27.7 Å². The third kappa shape index (κ3) is 4.05. The molecule has 0 unspecified atom stereocenters. The maximum atomic E-state index is 13.3. The fraction of sp³-hybridized carbons (Fsp3) is 0.0800. The third-order valence-corrected chi connectivity index (χ3v) is 4.93. The van der Waals surface area contributed by atoms with E-state index < -0.39 is 0 Å². The van der Waals surface area contributed by atoms with Crippen molar-refractivity contribution < 1.29 is 9.59 Å². The number of likely N-dealkylation sites (N-methyl/N-ethyl adjacent to an activating group) is 1. The Hall–Kier alpha value is -3.99. The first-order valence-corrected chi connectivity index (χ1v) is 9.71. The van der Waals surface area contributed by atoms with Crippen molar-refractivity contribution in [2.75, 3.05) is 12.4 Å². The van der Waals surface area contributed by atoms with Gasteiger partial charge in [-0.25, -0.2) is 4.98 Å². The minimum Gasteiger partial charge on any atom is -0.359 e. The normalized spacial score (nSPS) is 10.6. The van der Waals surface area contributed by atoms with Crippen LogP contribution in [0.4, 0.5) is 5.69 Å². The van der Waals surface area contributed by atoms with Crippen molar-refractivity contribution in [2.24, 2.45) is 0 Å². The molecule has 1 heterocycles. The number of pyridine rings is 1. The molecule has 5 nitrogen and oxygen atoms in total. The molecule has 2 amide bonds. The van der Waals surface area contributed by atoms with Crippen LogP contribution in [0.25, 0.3) is 22.2 Å². The van der Waals surface area contributed by atoms with Gasteiger partial charge in [-0.05, 0) is 23.8 Å². The van der Waals surface area contributed by atoms with Gasteiger partial charge in [-0.2, -0.15) is 0 Å². The minimum absolute atomic E-state index is 0.113. The summed E-state index contributed by atoms with van der Waals surface area (Å²) in [5.74, 6) is -0.354. The Morgan fingerprint density at radius 3 is 2.37 bits per heavy atom. The molecule has 0 aliphatic carbocycles. The summed E-state index contributed by atoms with van der Waals surface area (Å²) in [5, 5.41) is 6.37. The van der Waals surface area contributed by atoms with E-state index in [-0.39, 0.29) is 18.2 Å². The summed E-state index contributed by atoms with van der Waals surface area (Å²) < 4.78 is 0. The molecular weight excluding hydrogens is 374 g/mol. The molecule has 5 heteroatoms. The fourth-order valence-electron chi connectivity index (χ4n) is 3.37. The Morgan fingerprint density at radius 1 is 0.867 bits per heavy atom. The molecule has 148 valence electrons. The van der Waals surface area contributed by atoms with E-state index in [1.807, 2.05) is 78.9 Å². The summed E-state index contributed by atoms with van der Waals surface area (Å²) in [6.45, 7) is 0. The standard InChI is InChI=1S/C25H21N3O2/c1-26-24(29)15-18-11-5-7-13-21(18)28-25(30)20-16-23(17-9-3-2-4-10-17)27-22-14-8-6-12-19(20)22/h2-14,16H,15H2,1H3,(H,26,29)(H,28,30). The van der Waals surface area contributed by atoms with Crippen LogP contribution in [0, 0.1) is 0 Å². The first-order chi connectivity index (χ1) is 14.7. The lowest BCUT2D eigenvalue weighted by molar-refractivity contribution is -0.119. The van der Waals surface area contributed by atoms with Crippen molar-refractivity contribution in [3.05, 3.63) is 96.1 Å². The van der Waals surface area contributed by atoms with E-state index in [9.17, 15) is 9.59 Å². The highest BCUT2D eigenvalue weighted by molar-refractivity contribution is 6.13. The van der Waals surface area contributed by atoms with Gasteiger partial charge in [0.25, 0.3) is 5.91 Å². The molecule has 1 aromatic heterocycles. The zero-order valence-corrected chi connectivity index (χ0v) is 16.6. The first-order valence-electron chi connectivity index (χ1n) is 9.71. The predicted octanol–water partition coefficient (Wildman–Crippen LogP) is 4.44. The number of para-hydroxylation sites is 2. The molecule has 0 fully saturated rings. The molecule has 0 bridgehead atoms. The molecule has 4 rings (SSSR count). The number of nitrogens with one attached hydrogen (secondary N) is 2. The van der Waals surface area contributed by atoms with E-state index in [4.69, 9.17) is 4.98 Å². The van der Waals surface area contributed by atoms with Crippen molar-refractivity contribution in [1.29, 1.82) is 0 Å². The summed E-state index contributed by atoms with van der Waals surface area (Å²) in [7, 11) is 1.59. The van der Waals surface area contributed by atoms with Crippen LogP contribution in [0.1, 0.15) is 15.9 Å². The Bertz CT molecular complexity index is 1220. The molecule has 3 aromatic carbocycles. The molecule has 0 atom stereocenters. The smallest absolute Gasteiger partial charge is 0.256 e. The van der Waals surface area contributed by atoms with Crippen LogP contribution < -0.4 is 10.6 Å². The van der Waals surface area contributed by atoms with Gasteiger partial charge in [0.15, 0.2) is 0 Å². The second kappa shape index (κ2) is 8.57. The molecule has 0 spiro atoms. The quantitative estimate of drug-likeness (QED) is 0.525. The van der Waals surface area contributed by atoms with Gasteiger partial charge in [0.2, 0.25) is 5.91 Å². The highest BCUT2D eigenvalue weighted by Gasteiger charge is 2.16. The zero-order valence-electron chi connectivity index (χ0n) is 16.6. The van der Waals surface area contributed by atoms with Gasteiger partial charge in [0, 0.05) is 23.7 Å². The third-order valence-electron chi connectivity index (χ3n) is 4.93. The summed E-state index contributed by atoms with van der Waals surface area (Å²) in [5.41, 5.74) is 4.34. The average Bonchev–Trinajstić information content (AvgIpc) is 2.80. The number of fused-ring (bicyclic) bond motifs is 1. The maximum Gasteiger partial charge on any atom is 0.256 e. The molecule has 0 aliphatic rings. The molecule has 0 aliphatic heterocycles. The first kappa shape index (κ1) is 19.3. The molecule has 0 radical (unpaired) electrons. The maximum absolute atomic E-state index is 13.3. The second-order valence-electron chi connectivity index (χ2n) is 6.90. The lowest BCUT2D eigenvalue weighted by atomic mass is 10.0. The van der Waals surface area contributed by atoms with Crippen LogP contribution in [0.15, 0.2) is 84.9 Å². The van der Waals surface area contributed by atoms with Crippen LogP contribution >= 0.6 is 0 Å². The molecule has 4 aromatic rings. The van der Waals surface area contributed by atoms with Gasteiger partial charge >= 0.3 is 0 Å². The van der Waals surface area contributed by atoms with Crippen LogP contribution in [0.2, 0.25) is 0 Å². The van der Waals surface area contributed by atoms with Gasteiger partial charge in [-0.3, -0.25) is 9.59 Å². The van der Waals surface area contributed by atoms with Gasteiger partial charge in [-0.15, -0.1) is 0 Å². The zero-order chi connectivity index (χ0) is 20.9. The molecule has 0 saturated heterocycles. The van der Waals surface area contributed by atoms with E-state index in [2.05, 4.69) is 10.6 Å². The number of carbonyl (C=O) groups excluding carboxylic acids is 2. The van der Waals surface area contributed by atoms with Gasteiger partial charge < -0.3 is 10.6 Å². The Balaban J connectivity index is 1.75. The molecule has 30 heavy (non-hydrogen) atoms. The summed E-state index contributed by atoms with van der Waals surface area (Å²) in [4.78, 5) is 29.8. The van der Waals surface area contributed by atoms with Gasteiger partial charge in [0.1, 0.15) is 0 Å². The fourth-order valence-corrected chi connectivity index (χ4v) is 3.37. The van der Waals surface area contributed by atoms with Crippen molar-refractivity contribution >= 4 is 28.4 Å². The van der Waals surface area contributed by atoms with Crippen LogP contribution in [0.3, 0.4) is 0 Å². The van der Waals surface area contributed by atoms with Crippen LogP contribution in [0.5, 0.6) is 0 Å². The number of amides is 2. The van der Waals surface area contributed by atoms with Crippen LogP contribution in [-0.4, -0.2) is 23.8 Å². The second-order valence-corrected chi connectivity index (χ2v) is 6.90. The van der Waals surface area contributed by atoms with Crippen molar-refractivity contribution in [3.8, 4) is 11.3 Å². The Kier molecular flexibility index (Phi) is 5.52. The summed E-state index contributed by atoms with van der Waals surface area (Å²) in [6.07, 6.45) is 0.194. The summed E-state index contributed by atoms with van der Waals surface area (Å²) in [6, 6.07) is 26.5. The monoisotopic (exact) mass is 395 g/mol. The van der Waals surface area contributed by atoms with E-state index in [1.165, 1.54) is 0 Å². The number of hydrogen-bond donors (Lipinski definition) is 2. The lowest BCUT2D eigenvalue weighted by Crippen LogP contribution is -2.21. The number of rotatable bonds is 5. The number of benzene rings is 3. The van der Waals surface area contributed by atoms with Crippen LogP contribution in [-0.2, 0) is 11.2 Å². The lowest BCUT2D eigenvalue weighted by Gasteiger charge is -2.13. The van der Waals surface area contributed by atoms with Gasteiger partial charge in [0.05, 0.1) is 23.2 Å². The van der Waals surface area contributed by atoms with Crippen molar-refractivity contribution in [2.45, 2.75) is 6.42 Å². The van der Waals surface area contributed by atoms with Crippen molar-refractivity contribution in [1.82, 2.24) is 10.3 Å². The number of aromatic nitrogens is 1. The number of nitrogens with zero attached hydrogens (tertiary/aromatic N) is 1. The highest BCUT2D eigenvalue weighted by atomic mass is 16.2. The largest absolute Gasteiger partial charge is 0.359 e. The molecule has 0 saturated carbocycles. The highest BCUT2D eigenvalue weighted by Crippen LogP contribution is 2.26. The number of hydrogen-bond acceptors (Lipinski definition) is 3.